The van der Waals surface area contributed by atoms with E-state index in [0.29, 0.717) is 6.42 Å². The van der Waals surface area contributed by atoms with Gasteiger partial charge in [0.05, 0.1) is 12.6 Å². The van der Waals surface area contributed by atoms with Crippen LogP contribution in [0.25, 0.3) is 0 Å². The number of rotatable bonds is 5. The first-order valence-corrected chi connectivity index (χ1v) is 5.24. The van der Waals surface area contributed by atoms with Crippen LogP contribution in [0.5, 0.6) is 0 Å². The summed E-state index contributed by atoms with van der Waals surface area (Å²) in [5.74, 6) is -0.491. The van der Waals surface area contributed by atoms with Gasteiger partial charge in [-0.25, -0.2) is 8.78 Å². The molecule has 1 rings (SSSR count). The normalized spacial score (nSPS) is 12.5. The average Bonchev–Trinajstić information content (AvgIpc) is 2.35. The minimum atomic E-state index is -2.71. The van der Waals surface area contributed by atoms with Crippen LogP contribution in [0.4, 0.5) is 8.78 Å². The van der Waals surface area contributed by atoms with E-state index in [2.05, 4.69) is 10.3 Å². The van der Waals surface area contributed by atoms with Crippen LogP contribution in [0.15, 0.2) is 18.3 Å². The smallest absolute Gasteiger partial charge is 0.280 e. The third-order valence-corrected chi connectivity index (χ3v) is 2.32. The summed E-state index contributed by atoms with van der Waals surface area (Å²) >= 11 is 0. The van der Waals surface area contributed by atoms with Gasteiger partial charge in [0.25, 0.3) is 12.3 Å². The molecule has 0 spiro atoms. The van der Waals surface area contributed by atoms with Gasteiger partial charge in [0, 0.05) is 11.8 Å². The van der Waals surface area contributed by atoms with Crippen molar-refractivity contribution in [2.45, 2.75) is 25.8 Å². The lowest BCUT2D eigenvalue weighted by Gasteiger charge is -2.14. The van der Waals surface area contributed by atoms with Gasteiger partial charge in [0.1, 0.15) is 5.69 Å². The SMILES string of the molecule is CCC(CO)NC(=O)c1ccnc(C(F)F)c1. The third kappa shape index (κ3) is 3.74. The van der Waals surface area contributed by atoms with Gasteiger partial charge >= 0.3 is 0 Å². The van der Waals surface area contributed by atoms with Crippen LogP contribution in [0.2, 0.25) is 0 Å². The Bertz CT molecular complexity index is 381. The van der Waals surface area contributed by atoms with Crippen molar-refractivity contribution in [2.75, 3.05) is 6.61 Å². The number of amides is 1. The number of halogens is 2. The number of alkyl halides is 2. The van der Waals surface area contributed by atoms with Crippen LogP contribution in [0, 0.1) is 0 Å². The molecule has 1 aromatic rings. The van der Waals surface area contributed by atoms with E-state index in [4.69, 9.17) is 5.11 Å². The fourth-order valence-electron chi connectivity index (χ4n) is 1.25. The van der Waals surface area contributed by atoms with Crippen molar-refractivity contribution in [1.29, 1.82) is 0 Å². The van der Waals surface area contributed by atoms with Gasteiger partial charge in [-0.2, -0.15) is 0 Å². The maximum absolute atomic E-state index is 12.4. The van der Waals surface area contributed by atoms with Crippen LogP contribution in [0.1, 0.15) is 35.8 Å². The maximum atomic E-state index is 12.4. The Morgan fingerprint density at radius 1 is 1.59 bits per heavy atom. The van der Waals surface area contributed by atoms with Gasteiger partial charge < -0.3 is 10.4 Å². The highest BCUT2D eigenvalue weighted by Gasteiger charge is 2.14. The Hall–Kier alpha value is -1.56. The van der Waals surface area contributed by atoms with Crippen molar-refractivity contribution in [3.8, 4) is 0 Å². The highest BCUT2D eigenvalue weighted by molar-refractivity contribution is 5.94. The first-order valence-electron chi connectivity index (χ1n) is 5.24. The van der Waals surface area contributed by atoms with Gasteiger partial charge in [-0.05, 0) is 18.6 Å². The largest absolute Gasteiger partial charge is 0.394 e. The van der Waals surface area contributed by atoms with Gasteiger partial charge in [-0.15, -0.1) is 0 Å². The summed E-state index contributed by atoms with van der Waals surface area (Å²) in [6.07, 6.45) is -0.978. The van der Waals surface area contributed by atoms with E-state index < -0.39 is 18.0 Å². The molecule has 0 aliphatic heterocycles. The van der Waals surface area contributed by atoms with Crippen LogP contribution >= 0.6 is 0 Å². The Kier molecular flexibility index (Phi) is 4.96. The molecule has 0 saturated carbocycles. The Balaban J connectivity index is 2.78. The van der Waals surface area contributed by atoms with Crippen LogP contribution < -0.4 is 5.32 Å². The van der Waals surface area contributed by atoms with E-state index >= 15 is 0 Å². The number of hydrogen-bond acceptors (Lipinski definition) is 3. The van der Waals surface area contributed by atoms with Gasteiger partial charge in [0.2, 0.25) is 0 Å². The zero-order valence-corrected chi connectivity index (χ0v) is 9.36. The molecule has 0 aliphatic rings. The quantitative estimate of drug-likeness (QED) is 0.825. The number of carbonyl (C=O) groups excluding carboxylic acids is 1. The van der Waals surface area contributed by atoms with Gasteiger partial charge in [-0.1, -0.05) is 6.92 Å². The molecular weight excluding hydrogens is 230 g/mol. The van der Waals surface area contributed by atoms with E-state index in [1.165, 1.54) is 6.07 Å². The van der Waals surface area contributed by atoms with Crippen molar-refractivity contribution >= 4 is 5.91 Å². The van der Waals surface area contributed by atoms with Gasteiger partial charge in [-0.3, -0.25) is 9.78 Å². The molecule has 0 aliphatic carbocycles. The summed E-state index contributed by atoms with van der Waals surface area (Å²) in [6, 6.07) is 2.03. The molecule has 94 valence electrons. The molecule has 0 bridgehead atoms. The zero-order chi connectivity index (χ0) is 12.8. The second kappa shape index (κ2) is 6.24. The molecule has 0 saturated heterocycles. The number of carbonyl (C=O) groups is 1. The van der Waals surface area contributed by atoms with E-state index in [1.54, 1.807) is 6.92 Å². The van der Waals surface area contributed by atoms with E-state index in [0.717, 1.165) is 12.3 Å². The summed E-state index contributed by atoms with van der Waals surface area (Å²) in [4.78, 5) is 15.1. The first-order chi connectivity index (χ1) is 8.08. The second-order valence-corrected chi connectivity index (χ2v) is 3.53. The number of aromatic nitrogens is 1. The standard InChI is InChI=1S/C11H14F2N2O2/c1-2-8(6-16)15-11(17)7-3-4-14-9(5-7)10(12)13/h3-5,8,10,16H,2,6H2,1H3,(H,15,17). The Labute approximate surface area is 97.7 Å². The minimum absolute atomic E-state index is 0.113. The van der Waals surface area contributed by atoms with Crippen molar-refractivity contribution in [3.63, 3.8) is 0 Å². The van der Waals surface area contributed by atoms with Crippen LogP contribution in [0.3, 0.4) is 0 Å². The molecule has 1 unspecified atom stereocenters. The Morgan fingerprint density at radius 2 is 2.29 bits per heavy atom. The number of aliphatic hydroxyl groups excluding tert-OH is 1. The second-order valence-electron chi connectivity index (χ2n) is 3.53. The summed E-state index contributed by atoms with van der Waals surface area (Å²) in [7, 11) is 0. The summed E-state index contributed by atoms with van der Waals surface area (Å²) in [5, 5.41) is 11.5. The molecule has 1 heterocycles. The predicted octanol–water partition coefficient (Wildman–Crippen LogP) is 1.52. The molecule has 4 nitrogen and oxygen atoms in total. The van der Waals surface area contributed by atoms with Crippen LogP contribution in [-0.4, -0.2) is 28.6 Å². The van der Waals surface area contributed by atoms with Crippen molar-refractivity contribution in [2.24, 2.45) is 0 Å². The topological polar surface area (TPSA) is 62.2 Å². The molecular formula is C11H14F2N2O2. The van der Waals surface area contributed by atoms with Crippen LogP contribution in [-0.2, 0) is 0 Å². The highest BCUT2D eigenvalue weighted by atomic mass is 19.3. The lowest BCUT2D eigenvalue weighted by atomic mass is 10.2. The molecule has 1 aromatic heterocycles. The third-order valence-electron chi connectivity index (χ3n) is 2.32. The summed E-state index contributed by atoms with van der Waals surface area (Å²) in [5.41, 5.74) is -0.322. The molecule has 1 amide bonds. The molecule has 6 heteroatoms. The van der Waals surface area contributed by atoms with Crippen molar-refractivity contribution in [3.05, 3.63) is 29.6 Å². The number of pyridine rings is 1. The molecule has 0 fully saturated rings. The van der Waals surface area contributed by atoms with Gasteiger partial charge in [0.15, 0.2) is 0 Å². The molecule has 2 N–H and O–H groups in total. The summed E-state index contributed by atoms with van der Waals surface area (Å²) in [6.45, 7) is 1.62. The number of hydrogen-bond donors (Lipinski definition) is 2. The zero-order valence-electron chi connectivity index (χ0n) is 9.36. The summed E-state index contributed by atoms with van der Waals surface area (Å²) < 4.78 is 24.7. The lowest BCUT2D eigenvalue weighted by molar-refractivity contribution is 0.0914. The van der Waals surface area contributed by atoms with Crippen molar-refractivity contribution in [1.82, 2.24) is 10.3 Å². The first kappa shape index (κ1) is 13.5. The highest BCUT2D eigenvalue weighted by Crippen LogP contribution is 2.16. The fourth-order valence-corrected chi connectivity index (χ4v) is 1.25. The molecule has 1 atom stereocenters. The van der Waals surface area contributed by atoms with E-state index in [1.807, 2.05) is 0 Å². The molecule has 17 heavy (non-hydrogen) atoms. The minimum Gasteiger partial charge on any atom is -0.394 e. The molecule has 0 radical (unpaired) electrons. The number of nitrogens with zero attached hydrogens (tertiary/aromatic N) is 1. The monoisotopic (exact) mass is 244 g/mol. The molecule has 0 aromatic carbocycles. The average molecular weight is 244 g/mol. The number of aliphatic hydroxyl groups is 1. The van der Waals surface area contributed by atoms with E-state index in [-0.39, 0.29) is 18.2 Å². The number of nitrogens with one attached hydrogen (secondary N) is 1. The van der Waals surface area contributed by atoms with E-state index in [9.17, 15) is 13.6 Å². The predicted molar refractivity (Wildman–Crippen MR) is 57.8 cm³/mol. The Morgan fingerprint density at radius 3 is 2.82 bits per heavy atom. The fraction of sp³-hybridized carbons (Fsp3) is 0.455. The van der Waals surface area contributed by atoms with Crippen molar-refractivity contribution < 1.29 is 18.7 Å². The maximum Gasteiger partial charge on any atom is 0.280 e. The lowest BCUT2D eigenvalue weighted by Crippen LogP contribution is -2.36.